The van der Waals surface area contributed by atoms with Crippen LogP contribution in [0.4, 0.5) is 22.0 Å². The molecule has 4 aromatic rings. The topological polar surface area (TPSA) is 92.0 Å². The maximum atomic E-state index is 13.0. The Bertz CT molecular complexity index is 1720. The minimum Gasteiger partial charge on any atom is -0.508 e. The van der Waals surface area contributed by atoms with Crippen molar-refractivity contribution in [1.29, 1.82) is 0 Å². The number of ether oxygens (including phenoxy) is 1. The van der Waals surface area contributed by atoms with Gasteiger partial charge in [-0.3, -0.25) is 0 Å². The number of aromatic nitrogens is 1. The van der Waals surface area contributed by atoms with Gasteiger partial charge in [0, 0.05) is 30.4 Å². The van der Waals surface area contributed by atoms with Crippen LogP contribution >= 0.6 is 0 Å². The standard InChI is InChI=1S/C33H37F5N2O5S/c1-23-29-21-27(42)11-14-30(29)40(31(23)25-7-9-26(41)10-8-25)22-24-5-12-28(13-6-24)45-18-17-39(2)16-4-20-46(43,44)19-3-15-32(34,35)33(36,37)38/h5-14,21,41-42H,3-4,15-20,22H2,1-2H3. The van der Waals surface area contributed by atoms with E-state index in [-0.39, 0.29) is 23.7 Å². The molecule has 13 heteroatoms. The molecule has 0 amide bonds. The first kappa shape index (κ1) is 35.0. The summed E-state index contributed by atoms with van der Waals surface area (Å²) in [4.78, 5) is 1.85. The quantitative estimate of drug-likeness (QED) is 0.131. The number of hydrogen-bond acceptors (Lipinski definition) is 6. The molecule has 1 heterocycles. The van der Waals surface area contributed by atoms with Gasteiger partial charge in [-0.1, -0.05) is 12.1 Å². The zero-order chi connectivity index (χ0) is 33.7. The van der Waals surface area contributed by atoms with Crippen LogP contribution < -0.4 is 4.74 Å². The Morgan fingerprint density at radius 1 is 0.848 bits per heavy atom. The van der Waals surface area contributed by atoms with Crippen molar-refractivity contribution in [3.05, 3.63) is 77.9 Å². The number of fused-ring (bicyclic) bond motifs is 1. The summed E-state index contributed by atoms with van der Waals surface area (Å²) in [7, 11) is -1.97. The van der Waals surface area contributed by atoms with E-state index in [2.05, 4.69) is 4.57 Å². The maximum absolute atomic E-state index is 13.0. The van der Waals surface area contributed by atoms with Crippen LogP contribution in [0.3, 0.4) is 0 Å². The van der Waals surface area contributed by atoms with E-state index >= 15 is 0 Å². The highest BCUT2D eigenvalue weighted by Crippen LogP contribution is 2.39. The van der Waals surface area contributed by atoms with Gasteiger partial charge in [0.2, 0.25) is 0 Å². The third-order valence-electron chi connectivity index (χ3n) is 7.80. The second kappa shape index (κ2) is 14.3. The first-order chi connectivity index (χ1) is 21.6. The van der Waals surface area contributed by atoms with Crippen molar-refractivity contribution in [3.8, 4) is 28.5 Å². The number of nitrogens with zero attached hydrogens (tertiary/aromatic N) is 2. The Morgan fingerprint density at radius 2 is 1.48 bits per heavy atom. The number of halogens is 5. The van der Waals surface area contributed by atoms with Crippen molar-refractivity contribution in [2.75, 3.05) is 38.2 Å². The van der Waals surface area contributed by atoms with Gasteiger partial charge in [0.25, 0.3) is 0 Å². The van der Waals surface area contributed by atoms with Gasteiger partial charge in [0.15, 0.2) is 0 Å². The molecule has 4 rings (SSSR count). The summed E-state index contributed by atoms with van der Waals surface area (Å²) in [6.45, 7) is 3.73. The molecule has 250 valence electrons. The molecule has 7 nitrogen and oxygen atoms in total. The minimum absolute atomic E-state index is 0.171. The van der Waals surface area contributed by atoms with Crippen LogP contribution in [0, 0.1) is 6.92 Å². The molecule has 1 aromatic heterocycles. The molecular weight excluding hydrogens is 631 g/mol. The summed E-state index contributed by atoms with van der Waals surface area (Å²) in [6.07, 6.45) is -7.79. The van der Waals surface area contributed by atoms with Crippen molar-refractivity contribution >= 4 is 20.7 Å². The Morgan fingerprint density at radius 3 is 2.13 bits per heavy atom. The highest BCUT2D eigenvalue weighted by Gasteiger charge is 2.56. The summed E-state index contributed by atoms with van der Waals surface area (Å²) in [5, 5.41) is 20.8. The number of alkyl halides is 5. The Balaban J connectivity index is 1.27. The summed E-state index contributed by atoms with van der Waals surface area (Å²) >= 11 is 0. The lowest BCUT2D eigenvalue weighted by atomic mass is 10.1. The molecule has 0 bridgehead atoms. The first-order valence-corrected chi connectivity index (χ1v) is 16.5. The van der Waals surface area contributed by atoms with Crippen LogP contribution in [-0.4, -0.2) is 78.4 Å². The van der Waals surface area contributed by atoms with Crippen molar-refractivity contribution in [1.82, 2.24) is 9.47 Å². The van der Waals surface area contributed by atoms with E-state index in [4.69, 9.17) is 4.74 Å². The zero-order valence-electron chi connectivity index (χ0n) is 25.5. The summed E-state index contributed by atoms with van der Waals surface area (Å²) < 4.78 is 95.0. The van der Waals surface area contributed by atoms with Gasteiger partial charge in [0.05, 0.1) is 17.2 Å². The number of aryl methyl sites for hydroxylation is 1. The predicted octanol–water partition coefficient (Wildman–Crippen LogP) is 7.17. The van der Waals surface area contributed by atoms with Crippen molar-refractivity contribution < 1.29 is 45.3 Å². The van der Waals surface area contributed by atoms with Gasteiger partial charge in [0.1, 0.15) is 33.7 Å². The SMILES string of the molecule is Cc1c(-c2ccc(O)cc2)n(Cc2ccc(OCCN(C)CCCS(=O)(=O)CCCC(F)(F)C(F)(F)F)cc2)c2ccc(O)cc12. The lowest BCUT2D eigenvalue weighted by Gasteiger charge is -2.19. The largest absolute Gasteiger partial charge is 0.508 e. The average molecular weight is 669 g/mol. The molecule has 46 heavy (non-hydrogen) atoms. The molecule has 0 unspecified atom stereocenters. The van der Waals surface area contributed by atoms with E-state index in [1.54, 1.807) is 31.3 Å². The second-order valence-corrected chi connectivity index (χ2v) is 13.7. The van der Waals surface area contributed by atoms with Crippen LogP contribution in [-0.2, 0) is 16.4 Å². The van der Waals surface area contributed by atoms with Gasteiger partial charge in [-0.05, 0) is 105 Å². The third-order valence-corrected chi connectivity index (χ3v) is 9.62. The monoisotopic (exact) mass is 668 g/mol. The smallest absolute Gasteiger partial charge is 0.453 e. The highest BCUT2D eigenvalue weighted by molar-refractivity contribution is 7.91. The number of benzene rings is 3. The van der Waals surface area contributed by atoms with E-state index in [0.717, 1.165) is 33.3 Å². The number of phenols is 2. The molecule has 0 aliphatic carbocycles. The van der Waals surface area contributed by atoms with Gasteiger partial charge in [-0.2, -0.15) is 22.0 Å². The Labute approximate surface area is 264 Å². The summed E-state index contributed by atoms with van der Waals surface area (Å²) in [6, 6.07) is 19.9. The zero-order valence-corrected chi connectivity index (χ0v) is 26.3. The molecule has 2 N–H and O–H groups in total. The number of aromatic hydroxyl groups is 2. The average Bonchev–Trinajstić information content (AvgIpc) is 3.23. The van der Waals surface area contributed by atoms with E-state index < -0.39 is 40.5 Å². The van der Waals surface area contributed by atoms with E-state index in [9.17, 15) is 40.6 Å². The molecular formula is C33H37F5N2O5S. The lowest BCUT2D eigenvalue weighted by Crippen LogP contribution is -2.36. The van der Waals surface area contributed by atoms with Gasteiger partial charge in [-0.25, -0.2) is 8.42 Å². The number of rotatable bonds is 15. The molecule has 0 saturated heterocycles. The Hall–Kier alpha value is -3.84. The number of likely N-dealkylation sites (N-methyl/N-ethyl adjacent to an activating group) is 1. The fraction of sp³-hybridized carbons (Fsp3) is 0.394. The van der Waals surface area contributed by atoms with Gasteiger partial charge in [-0.15, -0.1) is 0 Å². The maximum Gasteiger partial charge on any atom is 0.453 e. The molecule has 3 aromatic carbocycles. The van der Waals surface area contributed by atoms with Gasteiger partial charge >= 0.3 is 12.1 Å². The number of phenolic OH excluding ortho intramolecular Hbond substituents is 2. The van der Waals surface area contributed by atoms with E-state index in [1.807, 2.05) is 54.3 Å². The summed E-state index contributed by atoms with van der Waals surface area (Å²) in [5.41, 5.74) is 4.87. The van der Waals surface area contributed by atoms with Crippen molar-refractivity contribution in [3.63, 3.8) is 0 Å². The fourth-order valence-electron chi connectivity index (χ4n) is 5.28. The molecule has 0 atom stereocenters. The first-order valence-electron chi connectivity index (χ1n) is 14.7. The van der Waals surface area contributed by atoms with Crippen LogP contribution in [0.25, 0.3) is 22.2 Å². The van der Waals surface area contributed by atoms with E-state index in [1.165, 1.54) is 0 Å². The summed E-state index contributed by atoms with van der Waals surface area (Å²) in [5.74, 6) is -4.93. The lowest BCUT2D eigenvalue weighted by molar-refractivity contribution is -0.284. The highest BCUT2D eigenvalue weighted by atomic mass is 32.2. The predicted molar refractivity (Wildman–Crippen MR) is 167 cm³/mol. The Kier molecular flexibility index (Phi) is 10.9. The molecule has 0 fully saturated rings. The molecule has 0 aliphatic rings. The van der Waals surface area contributed by atoms with E-state index in [0.29, 0.717) is 32.0 Å². The fourth-order valence-corrected chi connectivity index (χ4v) is 6.64. The molecule has 0 aliphatic heterocycles. The minimum atomic E-state index is -5.69. The molecule has 0 saturated carbocycles. The normalized spacial score (nSPS) is 12.7. The van der Waals surface area contributed by atoms with Crippen LogP contribution in [0.1, 0.15) is 30.4 Å². The number of hydrogen-bond donors (Lipinski definition) is 2. The molecule has 0 spiro atoms. The van der Waals surface area contributed by atoms with Gasteiger partial charge < -0.3 is 24.4 Å². The van der Waals surface area contributed by atoms with Crippen LogP contribution in [0.2, 0.25) is 0 Å². The number of sulfone groups is 1. The van der Waals surface area contributed by atoms with Crippen LogP contribution in [0.5, 0.6) is 17.2 Å². The van der Waals surface area contributed by atoms with Crippen molar-refractivity contribution in [2.24, 2.45) is 0 Å². The third kappa shape index (κ3) is 8.91. The van der Waals surface area contributed by atoms with Crippen LogP contribution in [0.15, 0.2) is 66.7 Å². The molecule has 0 radical (unpaired) electrons. The van der Waals surface area contributed by atoms with Crippen molar-refractivity contribution in [2.45, 2.75) is 44.8 Å². The second-order valence-electron chi connectivity index (χ2n) is 11.4.